The van der Waals surface area contributed by atoms with E-state index >= 15 is 0 Å². The fourth-order valence-electron chi connectivity index (χ4n) is 0.900. The molecule has 0 aliphatic rings. The summed E-state index contributed by atoms with van der Waals surface area (Å²) in [7, 11) is 0. The number of hydrogen-bond acceptors (Lipinski definition) is 2. The van der Waals surface area contributed by atoms with Crippen molar-refractivity contribution in [2.75, 3.05) is 0 Å². The molecule has 0 unspecified atom stereocenters. The monoisotopic (exact) mass is 238 g/mol. The van der Waals surface area contributed by atoms with Gasteiger partial charge >= 0.3 is 0 Å². The first-order chi connectivity index (χ1) is 7.58. The Morgan fingerprint density at radius 2 is 1.50 bits per heavy atom. The van der Waals surface area contributed by atoms with Crippen LogP contribution in [0.4, 0.5) is 4.39 Å². The van der Waals surface area contributed by atoms with Gasteiger partial charge in [0.25, 0.3) is 0 Å². The van der Waals surface area contributed by atoms with Crippen LogP contribution in [-0.2, 0) is 0 Å². The fraction of sp³-hybridized carbons (Fsp3) is 0.167. The highest BCUT2D eigenvalue weighted by Gasteiger charge is 1.85. The Balaban J connectivity index is 0.000000160. The molecule has 4 heteroatoms. The van der Waals surface area contributed by atoms with E-state index in [0.717, 1.165) is 11.4 Å². The van der Waals surface area contributed by atoms with E-state index in [1.54, 1.807) is 12.3 Å². The van der Waals surface area contributed by atoms with E-state index < -0.39 is 0 Å². The first-order valence-electron chi connectivity index (χ1n) is 4.74. The van der Waals surface area contributed by atoms with Crippen molar-refractivity contribution in [1.29, 1.82) is 0 Å². The third-order valence-electron chi connectivity index (χ3n) is 1.75. The first kappa shape index (κ1) is 12.6. The van der Waals surface area contributed by atoms with Crippen molar-refractivity contribution >= 4 is 11.6 Å². The van der Waals surface area contributed by atoms with E-state index in [1.165, 1.54) is 12.3 Å². The fourth-order valence-corrected chi connectivity index (χ4v) is 1.01. The molecule has 0 bridgehead atoms. The summed E-state index contributed by atoms with van der Waals surface area (Å²) >= 11 is 5.55. The molecule has 2 heterocycles. The Labute approximate surface area is 99.1 Å². The Morgan fingerprint density at radius 1 is 0.938 bits per heavy atom. The highest BCUT2D eigenvalue weighted by molar-refractivity contribution is 6.30. The molecule has 0 atom stereocenters. The van der Waals surface area contributed by atoms with Crippen molar-refractivity contribution in [3.05, 3.63) is 58.9 Å². The minimum Gasteiger partial charge on any atom is -0.260 e. The van der Waals surface area contributed by atoms with Crippen molar-refractivity contribution in [1.82, 2.24) is 9.97 Å². The van der Waals surface area contributed by atoms with Gasteiger partial charge in [0.15, 0.2) is 0 Å². The van der Waals surface area contributed by atoms with E-state index in [4.69, 9.17) is 11.6 Å². The molecule has 0 amide bonds. The standard InChI is InChI=1S/C6H6ClN.C6H6FN/c2*1-5-2-3-6(7)4-8-5/h2*2-4H,1H3. The lowest BCUT2D eigenvalue weighted by Gasteiger charge is -1.87. The molecule has 0 saturated carbocycles. The van der Waals surface area contributed by atoms with Gasteiger partial charge in [0.1, 0.15) is 5.82 Å². The normalized spacial score (nSPS) is 9.25. The minimum absolute atomic E-state index is 0.282. The van der Waals surface area contributed by atoms with Gasteiger partial charge in [0.05, 0.1) is 11.2 Å². The van der Waals surface area contributed by atoms with E-state index in [2.05, 4.69) is 9.97 Å². The van der Waals surface area contributed by atoms with Crippen LogP contribution in [0.1, 0.15) is 11.4 Å². The molecule has 0 fully saturated rings. The zero-order valence-corrected chi connectivity index (χ0v) is 9.87. The van der Waals surface area contributed by atoms with Crippen molar-refractivity contribution < 1.29 is 4.39 Å². The van der Waals surface area contributed by atoms with Crippen LogP contribution in [-0.4, -0.2) is 9.97 Å². The predicted octanol–water partition coefficient (Wildman–Crippen LogP) is 3.57. The van der Waals surface area contributed by atoms with Crippen molar-refractivity contribution in [2.45, 2.75) is 13.8 Å². The van der Waals surface area contributed by atoms with E-state index in [-0.39, 0.29) is 5.82 Å². The lowest BCUT2D eigenvalue weighted by atomic mass is 10.4. The van der Waals surface area contributed by atoms with Gasteiger partial charge in [0.2, 0.25) is 0 Å². The largest absolute Gasteiger partial charge is 0.260 e. The molecule has 2 nitrogen and oxygen atoms in total. The number of rotatable bonds is 0. The molecule has 2 rings (SSSR count). The van der Waals surface area contributed by atoms with Crippen LogP contribution >= 0.6 is 11.6 Å². The zero-order valence-electron chi connectivity index (χ0n) is 9.11. The van der Waals surface area contributed by atoms with E-state index in [9.17, 15) is 4.39 Å². The summed E-state index contributed by atoms with van der Waals surface area (Å²) in [5, 5.41) is 0.690. The third kappa shape index (κ3) is 4.84. The summed E-state index contributed by atoms with van der Waals surface area (Å²) < 4.78 is 12.0. The van der Waals surface area contributed by atoms with Crippen LogP contribution in [0.2, 0.25) is 5.02 Å². The topological polar surface area (TPSA) is 25.8 Å². The van der Waals surface area contributed by atoms with Crippen LogP contribution in [0.5, 0.6) is 0 Å². The Bertz CT molecular complexity index is 340. The second-order valence-electron chi connectivity index (χ2n) is 3.24. The van der Waals surface area contributed by atoms with Gasteiger partial charge in [-0.05, 0) is 38.1 Å². The van der Waals surface area contributed by atoms with Crippen LogP contribution in [0.15, 0.2) is 36.7 Å². The SMILES string of the molecule is Cc1ccc(Cl)cn1.Cc1ccc(F)cn1. The summed E-state index contributed by atoms with van der Waals surface area (Å²) in [6.07, 6.45) is 2.84. The number of nitrogens with zero attached hydrogens (tertiary/aromatic N) is 2. The second kappa shape index (κ2) is 6.18. The highest BCUT2D eigenvalue weighted by Crippen LogP contribution is 2.04. The average molecular weight is 239 g/mol. The van der Waals surface area contributed by atoms with Crippen LogP contribution < -0.4 is 0 Å². The lowest BCUT2D eigenvalue weighted by molar-refractivity contribution is 0.620. The van der Waals surface area contributed by atoms with Crippen LogP contribution in [0.25, 0.3) is 0 Å². The Morgan fingerprint density at radius 3 is 1.81 bits per heavy atom. The molecule has 0 aromatic carbocycles. The Kier molecular flexibility index (Phi) is 4.86. The van der Waals surface area contributed by atoms with Gasteiger partial charge < -0.3 is 0 Å². The quantitative estimate of drug-likeness (QED) is 0.701. The van der Waals surface area contributed by atoms with Gasteiger partial charge in [-0.2, -0.15) is 0 Å². The molecule has 16 heavy (non-hydrogen) atoms. The van der Waals surface area contributed by atoms with Crippen LogP contribution in [0, 0.1) is 19.7 Å². The van der Waals surface area contributed by atoms with Gasteiger partial charge in [-0.3, -0.25) is 9.97 Å². The maximum atomic E-state index is 12.0. The van der Waals surface area contributed by atoms with Gasteiger partial charge in [0, 0.05) is 17.6 Å². The van der Waals surface area contributed by atoms with E-state index in [1.807, 2.05) is 26.0 Å². The molecule has 0 aliphatic carbocycles. The van der Waals surface area contributed by atoms with Crippen molar-refractivity contribution in [3.8, 4) is 0 Å². The highest BCUT2D eigenvalue weighted by atomic mass is 35.5. The Hall–Kier alpha value is -1.48. The first-order valence-corrected chi connectivity index (χ1v) is 5.12. The van der Waals surface area contributed by atoms with Gasteiger partial charge in [-0.25, -0.2) is 4.39 Å². The number of halogens is 2. The summed E-state index contributed by atoms with van der Waals surface area (Å²) in [6.45, 7) is 3.75. The lowest BCUT2D eigenvalue weighted by Crippen LogP contribution is -1.79. The predicted molar refractivity (Wildman–Crippen MR) is 62.9 cm³/mol. The third-order valence-corrected chi connectivity index (χ3v) is 1.97. The molecule has 84 valence electrons. The molecular formula is C12H12ClFN2. The van der Waals surface area contributed by atoms with Gasteiger partial charge in [-0.15, -0.1) is 0 Å². The number of aryl methyl sites for hydroxylation is 2. The molecule has 0 aliphatic heterocycles. The van der Waals surface area contributed by atoms with Crippen molar-refractivity contribution in [2.24, 2.45) is 0 Å². The summed E-state index contributed by atoms with van der Waals surface area (Å²) in [6, 6.07) is 6.73. The molecular weight excluding hydrogens is 227 g/mol. The molecule has 0 N–H and O–H groups in total. The molecule has 0 saturated heterocycles. The van der Waals surface area contributed by atoms with E-state index in [0.29, 0.717) is 5.02 Å². The minimum atomic E-state index is -0.282. The maximum absolute atomic E-state index is 12.0. The number of aromatic nitrogens is 2. The van der Waals surface area contributed by atoms with Gasteiger partial charge in [-0.1, -0.05) is 11.6 Å². The summed E-state index contributed by atoms with van der Waals surface area (Å²) in [5.74, 6) is -0.282. The average Bonchev–Trinajstić information content (AvgIpc) is 2.28. The zero-order chi connectivity index (χ0) is 12.0. The molecule has 0 radical (unpaired) electrons. The van der Waals surface area contributed by atoms with Crippen molar-refractivity contribution in [3.63, 3.8) is 0 Å². The molecule has 0 spiro atoms. The smallest absolute Gasteiger partial charge is 0.141 e. The second-order valence-corrected chi connectivity index (χ2v) is 3.67. The maximum Gasteiger partial charge on any atom is 0.141 e. The number of pyridine rings is 2. The molecule has 2 aromatic rings. The summed E-state index contributed by atoms with van der Waals surface area (Å²) in [5.41, 5.74) is 1.83. The number of hydrogen-bond donors (Lipinski definition) is 0. The summed E-state index contributed by atoms with van der Waals surface area (Å²) in [4.78, 5) is 7.65. The van der Waals surface area contributed by atoms with Crippen LogP contribution in [0.3, 0.4) is 0 Å². The molecule has 2 aromatic heterocycles.